The van der Waals surface area contributed by atoms with Gasteiger partial charge in [0.15, 0.2) is 27.1 Å². The van der Waals surface area contributed by atoms with Crippen molar-refractivity contribution in [1.29, 1.82) is 0 Å². The number of hydrogen-bond acceptors (Lipinski definition) is 9. The van der Waals surface area contributed by atoms with E-state index >= 15 is 0 Å². The van der Waals surface area contributed by atoms with E-state index in [1.807, 2.05) is 0 Å². The second-order valence-electron chi connectivity index (χ2n) is 8.30. The average Bonchev–Trinajstić information content (AvgIpc) is 3.30. The van der Waals surface area contributed by atoms with Gasteiger partial charge in [-0.3, -0.25) is 4.79 Å². The van der Waals surface area contributed by atoms with Gasteiger partial charge in [0.05, 0.1) is 17.4 Å². The molecule has 0 bridgehead atoms. The zero-order chi connectivity index (χ0) is 25.6. The number of nitrogens with one attached hydrogen (secondary N) is 1. The highest BCUT2D eigenvalue weighted by Crippen LogP contribution is 2.30. The van der Waals surface area contributed by atoms with E-state index in [-0.39, 0.29) is 36.6 Å². The molecule has 35 heavy (non-hydrogen) atoms. The van der Waals surface area contributed by atoms with Crippen LogP contribution in [0.5, 0.6) is 17.2 Å². The smallest absolute Gasteiger partial charge is 0.255 e. The maximum absolute atomic E-state index is 12.6. The van der Waals surface area contributed by atoms with E-state index in [9.17, 15) is 23.4 Å². The minimum absolute atomic E-state index is 0.0140. The van der Waals surface area contributed by atoms with Crippen molar-refractivity contribution in [2.24, 2.45) is 0 Å². The van der Waals surface area contributed by atoms with Crippen LogP contribution in [0, 0.1) is 0 Å². The summed E-state index contributed by atoms with van der Waals surface area (Å²) in [4.78, 5) is 12.5. The van der Waals surface area contributed by atoms with E-state index in [0.717, 1.165) is 6.26 Å². The SMILES string of the molecule is COc1ccccc1OCc1cc(C(O)CC(C)(CNC(=O)c2ccccc2O)S(C)(=O)=O)no1. The molecule has 0 spiro atoms. The molecule has 3 N–H and O–H groups in total. The lowest BCUT2D eigenvalue weighted by molar-refractivity contribution is 0.0936. The van der Waals surface area contributed by atoms with Crippen LogP contribution in [0.25, 0.3) is 0 Å². The van der Waals surface area contributed by atoms with Gasteiger partial charge in [0.2, 0.25) is 0 Å². The summed E-state index contributed by atoms with van der Waals surface area (Å²) in [5.74, 6) is 0.500. The molecule has 1 heterocycles. The number of carbonyl (C=O) groups is 1. The number of benzene rings is 2. The molecule has 0 aliphatic carbocycles. The molecule has 0 saturated heterocycles. The van der Waals surface area contributed by atoms with E-state index in [2.05, 4.69) is 10.5 Å². The number of carbonyl (C=O) groups excluding carboxylic acids is 1. The maximum atomic E-state index is 12.6. The summed E-state index contributed by atoms with van der Waals surface area (Å²) in [7, 11) is -2.21. The normalized spacial score (nSPS) is 14.1. The first kappa shape index (κ1) is 26.0. The third-order valence-electron chi connectivity index (χ3n) is 5.65. The van der Waals surface area contributed by atoms with Gasteiger partial charge in [0.25, 0.3) is 5.91 Å². The van der Waals surface area contributed by atoms with Crippen LogP contribution >= 0.6 is 0 Å². The molecule has 10 nitrogen and oxygen atoms in total. The lowest BCUT2D eigenvalue weighted by Gasteiger charge is -2.29. The van der Waals surface area contributed by atoms with E-state index < -0.39 is 26.6 Å². The number of para-hydroxylation sites is 3. The lowest BCUT2D eigenvalue weighted by atomic mass is 10.00. The van der Waals surface area contributed by atoms with Gasteiger partial charge >= 0.3 is 0 Å². The molecule has 2 unspecified atom stereocenters. The Morgan fingerprint density at radius 2 is 1.83 bits per heavy atom. The second kappa shape index (κ2) is 10.8. The Balaban J connectivity index is 1.67. The summed E-state index contributed by atoms with van der Waals surface area (Å²) in [6, 6.07) is 14.5. The quantitative estimate of drug-likeness (QED) is 0.358. The fraction of sp³-hybridized carbons (Fsp3) is 0.333. The van der Waals surface area contributed by atoms with Gasteiger partial charge in [-0.2, -0.15) is 0 Å². The average molecular weight is 505 g/mol. The van der Waals surface area contributed by atoms with Gasteiger partial charge in [-0.15, -0.1) is 0 Å². The number of aromatic hydroxyl groups is 1. The number of sulfone groups is 1. The van der Waals surface area contributed by atoms with Crippen molar-refractivity contribution < 1.29 is 37.4 Å². The zero-order valence-electron chi connectivity index (χ0n) is 19.6. The highest BCUT2D eigenvalue weighted by atomic mass is 32.2. The van der Waals surface area contributed by atoms with Crippen LogP contribution in [-0.2, 0) is 16.4 Å². The number of phenolic OH excluding ortho intramolecular Hbond substituents is 1. The topological polar surface area (TPSA) is 148 Å². The number of nitrogens with zero attached hydrogens (tertiary/aromatic N) is 1. The Labute approximate surface area is 203 Å². The Morgan fingerprint density at radius 3 is 2.49 bits per heavy atom. The van der Waals surface area contributed by atoms with E-state index in [0.29, 0.717) is 17.3 Å². The summed E-state index contributed by atoms with van der Waals surface area (Å²) in [5.41, 5.74) is 0.144. The van der Waals surface area contributed by atoms with Crippen LogP contribution in [0.15, 0.2) is 59.1 Å². The highest BCUT2D eigenvalue weighted by molar-refractivity contribution is 7.92. The summed E-state index contributed by atoms with van der Waals surface area (Å²) in [6.07, 6.45) is -0.520. The predicted molar refractivity (Wildman–Crippen MR) is 127 cm³/mol. The predicted octanol–water partition coefficient (Wildman–Crippen LogP) is 2.62. The van der Waals surface area contributed by atoms with Gasteiger partial charge < -0.3 is 29.5 Å². The first-order chi connectivity index (χ1) is 16.5. The molecule has 0 aliphatic rings. The fourth-order valence-corrected chi connectivity index (χ4v) is 4.13. The number of aliphatic hydroxyl groups is 1. The third-order valence-corrected chi connectivity index (χ3v) is 7.75. The molecule has 2 atom stereocenters. The van der Waals surface area contributed by atoms with Gasteiger partial charge in [-0.05, 0) is 31.2 Å². The number of rotatable bonds is 11. The molecule has 0 aliphatic heterocycles. The molecule has 188 valence electrons. The number of phenols is 1. The fourth-order valence-electron chi connectivity index (χ4n) is 3.34. The number of aliphatic hydroxyl groups excluding tert-OH is 1. The van der Waals surface area contributed by atoms with Crippen LogP contribution < -0.4 is 14.8 Å². The molecule has 0 radical (unpaired) electrons. The van der Waals surface area contributed by atoms with Crippen molar-refractivity contribution in [2.45, 2.75) is 30.8 Å². The molecular weight excluding hydrogens is 476 g/mol. The lowest BCUT2D eigenvalue weighted by Crippen LogP contribution is -2.47. The molecular formula is C24H28N2O8S. The molecule has 3 rings (SSSR count). The zero-order valence-corrected chi connectivity index (χ0v) is 20.4. The largest absolute Gasteiger partial charge is 0.507 e. The Hall–Kier alpha value is -3.57. The van der Waals surface area contributed by atoms with E-state index in [1.165, 1.54) is 32.2 Å². The Morgan fingerprint density at radius 1 is 1.17 bits per heavy atom. The number of hydrogen-bond donors (Lipinski definition) is 3. The van der Waals surface area contributed by atoms with Crippen molar-refractivity contribution in [3.05, 3.63) is 71.6 Å². The van der Waals surface area contributed by atoms with Gasteiger partial charge in [-0.25, -0.2) is 8.42 Å². The van der Waals surface area contributed by atoms with Crippen molar-refractivity contribution in [1.82, 2.24) is 10.5 Å². The molecule has 1 amide bonds. The summed E-state index contributed by atoms with van der Waals surface area (Å²) < 4.78 is 39.7. The number of ether oxygens (including phenoxy) is 2. The number of aromatic nitrogens is 1. The molecule has 3 aromatic rings. The van der Waals surface area contributed by atoms with Crippen molar-refractivity contribution in [3.8, 4) is 17.2 Å². The highest BCUT2D eigenvalue weighted by Gasteiger charge is 2.39. The minimum atomic E-state index is -3.74. The van der Waals surface area contributed by atoms with Crippen molar-refractivity contribution in [3.63, 3.8) is 0 Å². The van der Waals surface area contributed by atoms with Crippen LogP contribution in [0.4, 0.5) is 0 Å². The van der Waals surface area contributed by atoms with E-state index in [4.69, 9.17) is 14.0 Å². The molecule has 0 fully saturated rings. The van der Waals surface area contributed by atoms with Gasteiger partial charge in [0.1, 0.15) is 24.2 Å². The molecule has 2 aromatic carbocycles. The van der Waals surface area contributed by atoms with Crippen molar-refractivity contribution >= 4 is 15.7 Å². The third kappa shape index (κ3) is 6.31. The maximum Gasteiger partial charge on any atom is 0.255 e. The van der Waals surface area contributed by atoms with Crippen LogP contribution in [0.2, 0.25) is 0 Å². The van der Waals surface area contributed by atoms with Gasteiger partial charge in [-0.1, -0.05) is 29.4 Å². The molecule has 0 saturated carbocycles. The Bertz CT molecular complexity index is 1270. The van der Waals surface area contributed by atoms with Crippen LogP contribution in [0.1, 0.15) is 41.3 Å². The second-order valence-corrected chi connectivity index (χ2v) is 10.8. The van der Waals surface area contributed by atoms with E-state index in [1.54, 1.807) is 36.4 Å². The van der Waals surface area contributed by atoms with Gasteiger partial charge in [0, 0.05) is 25.3 Å². The molecule has 11 heteroatoms. The Kier molecular flexibility index (Phi) is 8.03. The summed E-state index contributed by atoms with van der Waals surface area (Å²) in [6.45, 7) is 1.14. The number of methoxy groups -OCH3 is 1. The first-order valence-corrected chi connectivity index (χ1v) is 12.6. The standard InChI is InChI=1S/C24H28N2O8S/c1-24(35(3,30)31,15-25-23(29)17-8-4-5-9-19(17)27)13-20(28)18-12-16(34-26-18)14-33-22-11-7-6-10-21(22)32-2/h4-12,20,27-28H,13-15H2,1-3H3,(H,25,29). The summed E-state index contributed by atoms with van der Waals surface area (Å²) >= 11 is 0. The van der Waals surface area contributed by atoms with Crippen LogP contribution in [0.3, 0.4) is 0 Å². The number of amides is 1. The van der Waals surface area contributed by atoms with Crippen molar-refractivity contribution in [2.75, 3.05) is 19.9 Å². The minimum Gasteiger partial charge on any atom is -0.507 e. The summed E-state index contributed by atoms with van der Waals surface area (Å²) in [5, 5.41) is 27.0. The van der Waals surface area contributed by atoms with Crippen LogP contribution in [-0.4, -0.2) is 54.4 Å². The monoisotopic (exact) mass is 504 g/mol. The first-order valence-electron chi connectivity index (χ1n) is 10.7. The molecule has 1 aromatic heterocycles.